The van der Waals surface area contributed by atoms with Gasteiger partial charge < -0.3 is 9.47 Å². The molecule has 4 atom stereocenters. The molecule has 3 aliphatic rings. The van der Waals surface area contributed by atoms with Gasteiger partial charge in [-0.1, -0.05) is 97.1 Å². The minimum absolute atomic E-state index is 0.219. The molecule has 3 aromatic rings. The molecular weight excluding hydrogens is 410 g/mol. The minimum Gasteiger partial charge on any atom is -0.450 e. The Morgan fingerprint density at radius 2 is 1.27 bits per heavy atom. The Hall–Kier alpha value is -3.37. The number of hydrogen-bond donors (Lipinski definition) is 0. The van der Waals surface area contributed by atoms with Gasteiger partial charge >= 0.3 is 6.09 Å². The molecule has 0 N–H and O–H groups in total. The van der Waals surface area contributed by atoms with Gasteiger partial charge in [0.25, 0.3) is 0 Å². The van der Waals surface area contributed by atoms with E-state index in [9.17, 15) is 4.79 Å². The van der Waals surface area contributed by atoms with Crippen LogP contribution in [0.2, 0.25) is 0 Å². The minimum atomic E-state index is -0.800. The fourth-order valence-corrected chi connectivity index (χ4v) is 6.25. The maximum Gasteiger partial charge on any atom is 0.410 e. The summed E-state index contributed by atoms with van der Waals surface area (Å²) in [5, 5.41) is 0. The molecule has 4 bridgehead atoms. The molecule has 33 heavy (non-hydrogen) atoms. The van der Waals surface area contributed by atoms with Gasteiger partial charge in [0.15, 0.2) is 0 Å². The van der Waals surface area contributed by atoms with E-state index in [-0.39, 0.29) is 18.2 Å². The van der Waals surface area contributed by atoms with Crippen LogP contribution in [0.25, 0.3) is 0 Å². The third-order valence-electron chi connectivity index (χ3n) is 7.43. The number of morpholine rings is 1. The molecule has 4 heteroatoms. The lowest BCUT2D eigenvalue weighted by Crippen LogP contribution is -2.66. The van der Waals surface area contributed by atoms with E-state index in [0.717, 1.165) is 22.3 Å². The molecule has 4 nitrogen and oxygen atoms in total. The van der Waals surface area contributed by atoms with Crippen LogP contribution < -0.4 is 0 Å². The lowest BCUT2D eigenvalue weighted by Gasteiger charge is -2.55. The topological polar surface area (TPSA) is 38.8 Å². The van der Waals surface area contributed by atoms with Crippen LogP contribution >= 0.6 is 0 Å². The number of nitrogens with zero attached hydrogens (tertiary/aromatic N) is 1. The molecule has 0 radical (unpaired) electrons. The molecule has 3 aromatic carbocycles. The second-order valence-corrected chi connectivity index (χ2v) is 8.93. The number of ether oxygens (including phenoxy) is 2. The van der Waals surface area contributed by atoms with Crippen molar-refractivity contribution in [2.45, 2.75) is 43.1 Å². The van der Waals surface area contributed by atoms with Gasteiger partial charge in [0.05, 0.1) is 18.7 Å². The summed E-state index contributed by atoms with van der Waals surface area (Å²) in [5.41, 5.74) is 2.79. The van der Waals surface area contributed by atoms with Crippen LogP contribution in [0, 0.1) is 0 Å². The molecule has 166 valence electrons. The summed E-state index contributed by atoms with van der Waals surface area (Å²) in [4.78, 5) is 15.6. The number of amides is 1. The van der Waals surface area contributed by atoms with Gasteiger partial charge in [0.2, 0.25) is 0 Å². The first-order valence-electron chi connectivity index (χ1n) is 11.7. The Morgan fingerprint density at radius 3 is 1.73 bits per heavy atom. The first-order chi connectivity index (χ1) is 16.2. The SMILES string of the molecule is CCOC(=O)N1[C@H]2CC=CC[C@H]1[C@@]1(c3ccccc3)O[C@@]2(c2ccccc2)c2ccccc21. The van der Waals surface area contributed by atoms with E-state index in [1.165, 1.54) is 0 Å². The molecule has 1 saturated heterocycles. The normalized spacial score (nSPS) is 29.3. The Morgan fingerprint density at radius 1 is 0.818 bits per heavy atom. The summed E-state index contributed by atoms with van der Waals surface area (Å²) in [6.07, 6.45) is 5.53. The van der Waals surface area contributed by atoms with Crippen LogP contribution in [0.1, 0.15) is 42.0 Å². The third-order valence-corrected chi connectivity index (χ3v) is 7.43. The third kappa shape index (κ3) is 2.64. The second-order valence-electron chi connectivity index (χ2n) is 8.93. The van der Waals surface area contributed by atoms with Gasteiger partial charge in [-0.3, -0.25) is 4.90 Å². The number of hydrogen-bond acceptors (Lipinski definition) is 3. The van der Waals surface area contributed by atoms with Crippen LogP contribution in [0.5, 0.6) is 0 Å². The molecule has 3 heterocycles. The zero-order valence-corrected chi connectivity index (χ0v) is 18.7. The highest BCUT2D eigenvalue weighted by molar-refractivity contribution is 5.72. The van der Waals surface area contributed by atoms with Gasteiger partial charge in [-0.05, 0) is 42.0 Å². The molecule has 6 rings (SSSR count). The molecule has 1 amide bonds. The van der Waals surface area contributed by atoms with E-state index in [0.29, 0.717) is 19.4 Å². The second kappa shape index (κ2) is 7.60. The Kier molecular flexibility index (Phi) is 4.66. The number of carbonyl (C=O) groups excluding carboxylic acids is 1. The van der Waals surface area contributed by atoms with Crippen LogP contribution in [-0.4, -0.2) is 29.7 Å². The lowest BCUT2D eigenvalue weighted by atomic mass is 9.77. The van der Waals surface area contributed by atoms with E-state index < -0.39 is 11.2 Å². The predicted molar refractivity (Wildman–Crippen MR) is 127 cm³/mol. The van der Waals surface area contributed by atoms with E-state index in [4.69, 9.17) is 9.47 Å². The van der Waals surface area contributed by atoms with Gasteiger partial charge in [-0.15, -0.1) is 0 Å². The van der Waals surface area contributed by atoms with Crippen molar-refractivity contribution >= 4 is 6.09 Å². The number of carbonyl (C=O) groups is 1. The van der Waals surface area contributed by atoms with Gasteiger partial charge in [-0.2, -0.15) is 0 Å². The largest absolute Gasteiger partial charge is 0.450 e. The average Bonchev–Trinajstić information content (AvgIpc) is 2.99. The van der Waals surface area contributed by atoms with Crippen LogP contribution in [0.15, 0.2) is 97.1 Å². The Bertz CT molecular complexity index is 1120. The maximum absolute atomic E-state index is 13.6. The van der Waals surface area contributed by atoms with Crippen LogP contribution in [0.4, 0.5) is 4.79 Å². The molecule has 1 fully saturated rings. The maximum atomic E-state index is 13.6. The highest BCUT2D eigenvalue weighted by Gasteiger charge is 2.69. The Balaban J connectivity index is 1.72. The van der Waals surface area contributed by atoms with Crippen molar-refractivity contribution in [2.75, 3.05) is 6.61 Å². The van der Waals surface area contributed by atoms with E-state index in [1.54, 1.807) is 0 Å². The molecule has 0 saturated carbocycles. The number of benzene rings is 3. The quantitative estimate of drug-likeness (QED) is 0.489. The lowest BCUT2D eigenvalue weighted by molar-refractivity contribution is -0.211. The predicted octanol–water partition coefficient (Wildman–Crippen LogP) is 5.76. The fourth-order valence-electron chi connectivity index (χ4n) is 6.25. The fraction of sp³-hybridized carbons (Fsp3) is 0.276. The van der Waals surface area contributed by atoms with Gasteiger partial charge in [0, 0.05) is 0 Å². The highest BCUT2D eigenvalue weighted by atomic mass is 16.6. The summed E-state index contributed by atoms with van der Waals surface area (Å²) >= 11 is 0. The number of fused-ring (bicyclic) bond motifs is 9. The van der Waals surface area contributed by atoms with Gasteiger partial charge in [-0.25, -0.2) is 4.79 Å². The summed E-state index contributed by atoms with van der Waals surface area (Å²) in [7, 11) is 0. The smallest absolute Gasteiger partial charge is 0.410 e. The van der Waals surface area contributed by atoms with E-state index in [1.807, 2.05) is 48.2 Å². The molecule has 0 unspecified atom stereocenters. The Labute approximate surface area is 194 Å². The summed E-state index contributed by atoms with van der Waals surface area (Å²) in [5.74, 6) is 0. The molecular formula is C29H27NO3. The summed E-state index contributed by atoms with van der Waals surface area (Å²) < 4.78 is 13.1. The first-order valence-corrected chi connectivity index (χ1v) is 11.7. The van der Waals surface area contributed by atoms with Crippen molar-refractivity contribution in [2.24, 2.45) is 0 Å². The summed E-state index contributed by atoms with van der Waals surface area (Å²) in [6.45, 7) is 2.20. The van der Waals surface area contributed by atoms with Crippen molar-refractivity contribution in [3.63, 3.8) is 0 Å². The zero-order chi connectivity index (χ0) is 22.5. The van der Waals surface area contributed by atoms with Crippen molar-refractivity contribution in [1.82, 2.24) is 4.90 Å². The monoisotopic (exact) mass is 437 g/mol. The van der Waals surface area contributed by atoms with Crippen molar-refractivity contribution < 1.29 is 14.3 Å². The van der Waals surface area contributed by atoms with Gasteiger partial charge in [0.1, 0.15) is 11.2 Å². The molecule has 0 aromatic heterocycles. The zero-order valence-electron chi connectivity index (χ0n) is 18.7. The highest BCUT2D eigenvalue weighted by Crippen LogP contribution is 2.63. The average molecular weight is 438 g/mol. The van der Waals surface area contributed by atoms with Crippen molar-refractivity contribution in [3.8, 4) is 0 Å². The standard InChI is InChI=1S/C29H27NO3/c1-2-32-27(31)30-25-19-11-12-20-26(30)29(22-15-7-4-8-16-22)24-18-10-9-17-23(24)28(25,33-29)21-13-5-3-6-14-21/h3-18,25-26H,2,19-20H2,1H3/t25-,26-,28-,29-/m0/s1. The van der Waals surface area contributed by atoms with Crippen molar-refractivity contribution in [3.05, 3.63) is 119 Å². The molecule has 0 spiro atoms. The van der Waals surface area contributed by atoms with E-state index in [2.05, 4.69) is 60.7 Å². The first kappa shape index (κ1) is 20.3. The number of rotatable bonds is 3. The van der Waals surface area contributed by atoms with Crippen LogP contribution in [0.3, 0.4) is 0 Å². The van der Waals surface area contributed by atoms with Crippen molar-refractivity contribution in [1.29, 1.82) is 0 Å². The van der Waals surface area contributed by atoms with E-state index >= 15 is 0 Å². The molecule has 0 aliphatic carbocycles. The molecule has 3 aliphatic heterocycles. The summed E-state index contributed by atoms with van der Waals surface area (Å²) in [6, 6.07) is 28.8. The van der Waals surface area contributed by atoms with Crippen LogP contribution in [-0.2, 0) is 20.7 Å².